The number of rotatable bonds is 5. The van der Waals surface area contributed by atoms with Crippen LogP contribution in [0.15, 0.2) is 12.1 Å². The molecule has 0 spiro atoms. The van der Waals surface area contributed by atoms with E-state index < -0.39 is 12.0 Å². The maximum Gasteiger partial charge on any atom is 0.320 e. The number of carboxylic acid groups (broad SMARTS) is 1. The lowest BCUT2D eigenvalue weighted by Gasteiger charge is -2.27. The van der Waals surface area contributed by atoms with E-state index in [1.54, 1.807) is 0 Å². The lowest BCUT2D eigenvalue weighted by Crippen LogP contribution is -2.32. The molecule has 0 bridgehead atoms. The fourth-order valence-electron chi connectivity index (χ4n) is 2.51. The fraction of sp³-hybridized carbons (Fsp3) is 0.533. The second-order valence-electron chi connectivity index (χ2n) is 5.59. The van der Waals surface area contributed by atoms with Crippen molar-refractivity contribution in [1.82, 2.24) is 0 Å². The van der Waals surface area contributed by atoms with Crippen LogP contribution >= 0.6 is 45.2 Å². The molecule has 1 unspecified atom stereocenters. The SMILES string of the molecule is NC(Cc1cc(I)c(OC2CCC(O)CC2)c(I)c1)C(=O)O. The van der Waals surface area contributed by atoms with E-state index in [0.717, 1.165) is 44.1 Å². The molecule has 0 aromatic heterocycles. The Kier molecular flexibility index (Phi) is 6.72. The number of carboxylic acids is 1. The van der Waals surface area contributed by atoms with Crippen LogP contribution in [0.25, 0.3) is 0 Å². The highest BCUT2D eigenvalue weighted by atomic mass is 127. The van der Waals surface area contributed by atoms with Crippen LogP contribution in [0.2, 0.25) is 0 Å². The second-order valence-corrected chi connectivity index (χ2v) is 7.91. The van der Waals surface area contributed by atoms with E-state index in [-0.39, 0.29) is 12.2 Å². The summed E-state index contributed by atoms with van der Waals surface area (Å²) in [4.78, 5) is 10.9. The summed E-state index contributed by atoms with van der Waals surface area (Å²) in [5.74, 6) is -0.152. The Morgan fingerprint density at radius 1 is 1.27 bits per heavy atom. The quantitative estimate of drug-likeness (QED) is 0.509. The molecule has 1 aromatic rings. The van der Waals surface area contributed by atoms with Gasteiger partial charge in [-0.1, -0.05) is 0 Å². The first kappa shape index (κ1) is 18.2. The third kappa shape index (κ3) is 4.93. The zero-order valence-corrected chi connectivity index (χ0v) is 16.3. The van der Waals surface area contributed by atoms with E-state index in [1.165, 1.54) is 0 Å². The number of aliphatic hydroxyl groups excluding tert-OH is 1. The molecule has 1 atom stereocenters. The fourth-order valence-corrected chi connectivity index (χ4v) is 4.67. The number of hydrogen-bond donors (Lipinski definition) is 3. The van der Waals surface area contributed by atoms with Crippen molar-refractivity contribution < 1.29 is 19.7 Å². The van der Waals surface area contributed by atoms with E-state index in [0.29, 0.717) is 6.42 Å². The maximum atomic E-state index is 10.9. The molecular weight excluding hydrogens is 512 g/mol. The summed E-state index contributed by atoms with van der Waals surface area (Å²) in [7, 11) is 0. The van der Waals surface area contributed by atoms with Crippen LogP contribution in [-0.2, 0) is 11.2 Å². The molecule has 1 aliphatic rings. The number of halogens is 2. The van der Waals surface area contributed by atoms with Crippen molar-refractivity contribution in [2.24, 2.45) is 5.73 Å². The first-order valence-electron chi connectivity index (χ1n) is 7.18. The molecule has 1 fully saturated rings. The monoisotopic (exact) mass is 531 g/mol. The number of nitrogens with two attached hydrogens (primary N) is 1. The molecule has 1 aromatic carbocycles. The summed E-state index contributed by atoms with van der Waals surface area (Å²) in [6.07, 6.45) is 3.53. The summed E-state index contributed by atoms with van der Waals surface area (Å²) in [6.45, 7) is 0. The molecule has 22 heavy (non-hydrogen) atoms. The maximum absolute atomic E-state index is 10.9. The number of benzene rings is 1. The molecule has 122 valence electrons. The van der Waals surface area contributed by atoms with E-state index in [2.05, 4.69) is 45.2 Å². The molecule has 1 saturated carbocycles. The Morgan fingerprint density at radius 3 is 2.32 bits per heavy atom. The van der Waals surface area contributed by atoms with Gasteiger partial charge in [0.25, 0.3) is 0 Å². The number of ether oxygens (including phenoxy) is 1. The lowest BCUT2D eigenvalue weighted by molar-refractivity contribution is -0.138. The Morgan fingerprint density at radius 2 is 1.82 bits per heavy atom. The molecule has 7 heteroatoms. The van der Waals surface area contributed by atoms with Crippen LogP contribution in [-0.4, -0.2) is 34.4 Å². The van der Waals surface area contributed by atoms with Crippen molar-refractivity contribution in [3.05, 3.63) is 24.8 Å². The lowest BCUT2D eigenvalue weighted by atomic mass is 9.95. The van der Waals surface area contributed by atoms with Crippen LogP contribution < -0.4 is 10.5 Å². The minimum absolute atomic E-state index is 0.137. The molecule has 4 N–H and O–H groups in total. The number of carbonyl (C=O) groups is 1. The second kappa shape index (κ2) is 8.11. The molecular formula is C15H19I2NO4. The van der Waals surface area contributed by atoms with E-state index in [1.807, 2.05) is 12.1 Å². The van der Waals surface area contributed by atoms with E-state index in [9.17, 15) is 9.90 Å². The molecule has 0 saturated heterocycles. The van der Waals surface area contributed by atoms with Crippen molar-refractivity contribution in [2.45, 2.75) is 50.4 Å². The topological polar surface area (TPSA) is 92.8 Å². The third-order valence-corrected chi connectivity index (χ3v) is 5.36. The highest BCUT2D eigenvalue weighted by Gasteiger charge is 2.23. The van der Waals surface area contributed by atoms with Gasteiger partial charge < -0.3 is 20.7 Å². The van der Waals surface area contributed by atoms with Crippen LogP contribution in [0.3, 0.4) is 0 Å². The summed E-state index contributed by atoms with van der Waals surface area (Å²) in [5, 5.41) is 18.4. The Bertz CT molecular complexity index is 521. The third-order valence-electron chi connectivity index (χ3n) is 3.76. The van der Waals surface area contributed by atoms with Crippen molar-refractivity contribution in [1.29, 1.82) is 0 Å². The molecule has 2 rings (SSSR count). The van der Waals surface area contributed by atoms with E-state index >= 15 is 0 Å². The number of aliphatic hydroxyl groups is 1. The number of hydrogen-bond acceptors (Lipinski definition) is 4. The first-order chi connectivity index (χ1) is 10.4. The van der Waals surface area contributed by atoms with Gasteiger partial charge in [-0.25, -0.2) is 0 Å². The normalized spacial score (nSPS) is 23.1. The molecule has 1 aliphatic carbocycles. The Hall–Kier alpha value is -0.130. The van der Waals surface area contributed by atoms with Gasteiger partial charge >= 0.3 is 5.97 Å². The van der Waals surface area contributed by atoms with E-state index in [4.69, 9.17) is 15.6 Å². The van der Waals surface area contributed by atoms with Gasteiger partial charge in [0.1, 0.15) is 11.8 Å². The van der Waals surface area contributed by atoms with Crippen LogP contribution in [0.1, 0.15) is 31.2 Å². The predicted octanol–water partition coefficient (Wildman–Crippen LogP) is 2.53. The Balaban J connectivity index is 2.08. The summed E-state index contributed by atoms with van der Waals surface area (Å²) in [5.41, 5.74) is 6.49. The molecule has 0 radical (unpaired) electrons. The largest absolute Gasteiger partial charge is 0.488 e. The summed E-state index contributed by atoms with van der Waals surface area (Å²) >= 11 is 4.42. The van der Waals surface area contributed by atoms with Crippen LogP contribution in [0.5, 0.6) is 5.75 Å². The van der Waals surface area contributed by atoms with Crippen molar-refractivity contribution in [3.8, 4) is 5.75 Å². The predicted molar refractivity (Wildman–Crippen MR) is 100 cm³/mol. The standard InChI is InChI=1S/C15H19I2NO4/c16-11-5-8(7-13(18)15(20)21)6-12(17)14(11)22-10-3-1-9(19)2-4-10/h5-6,9-10,13,19H,1-4,7,18H2,(H,20,21). The molecule has 0 aliphatic heterocycles. The highest BCUT2D eigenvalue weighted by Crippen LogP contribution is 2.32. The van der Waals surface area contributed by atoms with Gasteiger partial charge in [-0.05, 0) is 95.0 Å². The summed E-state index contributed by atoms with van der Waals surface area (Å²) < 4.78 is 8.02. The first-order valence-corrected chi connectivity index (χ1v) is 9.33. The Labute approximate surface area is 156 Å². The van der Waals surface area contributed by atoms with Gasteiger partial charge in [0.15, 0.2) is 0 Å². The van der Waals surface area contributed by atoms with Gasteiger partial charge in [-0.2, -0.15) is 0 Å². The average molecular weight is 531 g/mol. The van der Waals surface area contributed by atoms with Gasteiger partial charge in [0, 0.05) is 0 Å². The van der Waals surface area contributed by atoms with Crippen molar-refractivity contribution >= 4 is 51.2 Å². The van der Waals surface area contributed by atoms with Gasteiger partial charge in [-0.15, -0.1) is 0 Å². The smallest absolute Gasteiger partial charge is 0.320 e. The molecule has 0 heterocycles. The van der Waals surface area contributed by atoms with Gasteiger partial charge in [0.05, 0.1) is 19.3 Å². The zero-order chi connectivity index (χ0) is 16.3. The van der Waals surface area contributed by atoms with Gasteiger partial charge in [-0.3, -0.25) is 4.79 Å². The van der Waals surface area contributed by atoms with Gasteiger partial charge in [0.2, 0.25) is 0 Å². The zero-order valence-electron chi connectivity index (χ0n) is 12.0. The van der Waals surface area contributed by atoms with Crippen molar-refractivity contribution in [2.75, 3.05) is 0 Å². The minimum Gasteiger partial charge on any atom is -0.488 e. The number of aliphatic carboxylic acids is 1. The molecule has 0 amide bonds. The van der Waals surface area contributed by atoms with Crippen LogP contribution in [0, 0.1) is 7.14 Å². The average Bonchev–Trinajstić information content (AvgIpc) is 2.44. The minimum atomic E-state index is -0.994. The molecule has 5 nitrogen and oxygen atoms in total. The van der Waals surface area contributed by atoms with Crippen LogP contribution in [0.4, 0.5) is 0 Å². The van der Waals surface area contributed by atoms with Crippen molar-refractivity contribution in [3.63, 3.8) is 0 Å². The highest BCUT2D eigenvalue weighted by molar-refractivity contribution is 14.1. The summed E-state index contributed by atoms with van der Waals surface area (Å²) in [6, 6.07) is 2.97.